The van der Waals surface area contributed by atoms with E-state index in [1.165, 1.54) is 12.1 Å². The maximum atomic E-state index is 13.1. The average molecular weight is 369 g/mol. The third kappa shape index (κ3) is 3.47. The molecule has 1 fully saturated rings. The summed E-state index contributed by atoms with van der Waals surface area (Å²) in [6.07, 6.45) is 6.28. The van der Waals surface area contributed by atoms with Gasteiger partial charge in [0.25, 0.3) is 5.91 Å². The van der Waals surface area contributed by atoms with Gasteiger partial charge in [-0.3, -0.25) is 4.79 Å². The van der Waals surface area contributed by atoms with Crippen LogP contribution in [0.25, 0.3) is 5.69 Å². The first kappa shape index (κ1) is 17.4. The van der Waals surface area contributed by atoms with Crippen molar-refractivity contribution < 1.29 is 13.7 Å². The Balaban J connectivity index is 1.57. The molecule has 1 saturated carbocycles. The largest absolute Gasteiger partial charge is 0.340 e. The van der Waals surface area contributed by atoms with E-state index in [2.05, 4.69) is 20.6 Å². The molecule has 0 spiro atoms. The number of amides is 1. The maximum absolute atomic E-state index is 13.1. The summed E-state index contributed by atoms with van der Waals surface area (Å²) in [4.78, 5) is 17.2. The van der Waals surface area contributed by atoms with Crippen LogP contribution in [-0.2, 0) is 5.54 Å². The number of hydrogen-bond acceptors (Lipinski definition) is 5. The van der Waals surface area contributed by atoms with Crippen LogP contribution < -0.4 is 5.32 Å². The number of carbonyl (C=O) groups excluding carboxylic acids is 1. The van der Waals surface area contributed by atoms with Crippen molar-refractivity contribution in [3.05, 3.63) is 59.8 Å². The topological polar surface area (TPSA) is 85.8 Å². The van der Waals surface area contributed by atoms with E-state index in [0.717, 1.165) is 32.1 Å². The molecule has 27 heavy (non-hydrogen) atoms. The van der Waals surface area contributed by atoms with Crippen LogP contribution in [0.1, 0.15) is 54.3 Å². The lowest BCUT2D eigenvalue weighted by Gasteiger charge is -2.35. The van der Waals surface area contributed by atoms with Crippen molar-refractivity contribution in [3.63, 3.8) is 0 Å². The number of nitrogens with zero attached hydrogens (tertiary/aromatic N) is 4. The van der Waals surface area contributed by atoms with Crippen molar-refractivity contribution in [2.45, 2.75) is 44.6 Å². The highest BCUT2D eigenvalue weighted by Crippen LogP contribution is 2.35. The molecule has 0 saturated heterocycles. The zero-order valence-corrected chi connectivity index (χ0v) is 15.0. The number of hydrogen-bond donors (Lipinski definition) is 1. The van der Waals surface area contributed by atoms with E-state index in [1.807, 2.05) is 0 Å². The monoisotopic (exact) mass is 369 g/mol. The smallest absolute Gasteiger partial charge is 0.272 e. The predicted molar refractivity (Wildman–Crippen MR) is 94.8 cm³/mol. The van der Waals surface area contributed by atoms with Gasteiger partial charge in [-0.15, -0.1) is 0 Å². The summed E-state index contributed by atoms with van der Waals surface area (Å²) in [6, 6.07) is 7.55. The number of aryl methyl sites for hydroxylation is 1. The molecule has 7 nitrogen and oxygen atoms in total. The maximum Gasteiger partial charge on any atom is 0.272 e. The molecular weight excluding hydrogens is 349 g/mol. The minimum absolute atomic E-state index is 0.282. The fraction of sp³-hybridized carbons (Fsp3) is 0.368. The van der Waals surface area contributed by atoms with Crippen LogP contribution in [0.5, 0.6) is 0 Å². The molecule has 1 N–H and O–H groups in total. The van der Waals surface area contributed by atoms with Gasteiger partial charge in [0.1, 0.15) is 11.4 Å². The summed E-state index contributed by atoms with van der Waals surface area (Å²) < 4.78 is 19.8. The second kappa shape index (κ2) is 6.94. The standard InChI is InChI=1S/C19H20FN5O2/c1-13-21-18(24-27-13)19(10-3-2-4-11-19)22-17(26)16-9-12-25(23-16)15-7-5-14(20)6-8-15/h5-9,12H,2-4,10-11H2,1H3,(H,22,26). The zero-order valence-electron chi connectivity index (χ0n) is 15.0. The van der Waals surface area contributed by atoms with Gasteiger partial charge in [0, 0.05) is 13.1 Å². The van der Waals surface area contributed by atoms with Crippen LogP contribution in [-0.4, -0.2) is 25.8 Å². The predicted octanol–water partition coefficient (Wildman–Crippen LogP) is 3.29. The molecule has 1 aliphatic rings. The van der Waals surface area contributed by atoms with E-state index >= 15 is 0 Å². The van der Waals surface area contributed by atoms with Gasteiger partial charge in [0.05, 0.1) is 5.69 Å². The Morgan fingerprint density at radius 3 is 2.59 bits per heavy atom. The van der Waals surface area contributed by atoms with Crippen molar-refractivity contribution >= 4 is 5.91 Å². The molecule has 0 radical (unpaired) electrons. The molecule has 0 aliphatic heterocycles. The van der Waals surface area contributed by atoms with E-state index in [-0.39, 0.29) is 17.4 Å². The summed E-state index contributed by atoms with van der Waals surface area (Å²) in [5.41, 5.74) is 0.327. The highest BCUT2D eigenvalue weighted by Gasteiger charge is 2.40. The first-order chi connectivity index (χ1) is 13.1. The number of halogens is 1. The minimum atomic E-state index is -0.632. The van der Waals surface area contributed by atoms with Crippen molar-refractivity contribution in [3.8, 4) is 5.69 Å². The van der Waals surface area contributed by atoms with Gasteiger partial charge in [-0.05, 0) is 43.2 Å². The SMILES string of the molecule is Cc1nc(C2(NC(=O)c3ccn(-c4ccc(F)cc4)n3)CCCCC2)no1. The van der Waals surface area contributed by atoms with E-state index < -0.39 is 5.54 Å². The lowest BCUT2D eigenvalue weighted by molar-refractivity contribution is 0.0849. The van der Waals surface area contributed by atoms with Gasteiger partial charge in [-0.2, -0.15) is 10.1 Å². The zero-order chi connectivity index (χ0) is 18.9. The van der Waals surface area contributed by atoms with Crippen molar-refractivity contribution in [1.82, 2.24) is 25.2 Å². The molecule has 0 unspecified atom stereocenters. The van der Waals surface area contributed by atoms with Gasteiger partial charge in [0.15, 0.2) is 11.5 Å². The first-order valence-electron chi connectivity index (χ1n) is 9.01. The van der Waals surface area contributed by atoms with E-state index in [1.54, 1.807) is 36.0 Å². The molecule has 140 valence electrons. The van der Waals surface area contributed by atoms with Crippen LogP contribution in [0.3, 0.4) is 0 Å². The van der Waals surface area contributed by atoms with Gasteiger partial charge in [0.2, 0.25) is 5.89 Å². The molecule has 1 amide bonds. The van der Waals surface area contributed by atoms with Crippen molar-refractivity contribution in [2.75, 3.05) is 0 Å². The summed E-state index contributed by atoms with van der Waals surface area (Å²) in [7, 11) is 0. The molecular formula is C19H20FN5O2. The Bertz CT molecular complexity index is 941. The van der Waals surface area contributed by atoms with Gasteiger partial charge < -0.3 is 9.84 Å². The Morgan fingerprint density at radius 2 is 1.93 bits per heavy atom. The average Bonchev–Trinajstić information content (AvgIpc) is 3.33. The number of carbonyl (C=O) groups is 1. The fourth-order valence-corrected chi connectivity index (χ4v) is 3.52. The number of nitrogens with one attached hydrogen (secondary N) is 1. The summed E-state index contributed by atoms with van der Waals surface area (Å²) in [5, 5.41) is 11.5. The molecule has 8 heteroatoms. The summed E-state index contributed by atoms with van der Waals surface area (Å²) in [5.74, 6) is 0.384. The van der Waals surface area contributed by atoms with E-state index in [0.29, 0.717) is 17.4 Å². The Labute approximate surface area is 155 Å². The molecule has 1 aromatic carbocycles. The van der Waals surface area contributed by atoms with Gasteiger partial charge in [-0.1, -0.05) is 24.4 Å². The fourth-order valence-electron chi connectivity index (χ4n) is 3.52. The highest BCUT2D eigenvalue weighted by atomic mass is 19.1. The minimum Gasteiger partial charge on any atom is -0.340 e. The third-order valence-corrected chi connectivity index (χ3v) is 4.93. The quantitative estimate of drug-likeness (QED) is 0.763. The van der Waals surface area contributed by atoms with Crippen molar-refractivity contribution in [2.24, 2.45) is 0 Å². The van der Waals surface area contributed by atoms with Crippen LogP contribution in [0.4, 0.5) is 4.39 Å². The summed E-state index contributed by atoms with van der Waals surface area (Å²) >= 11 is 0. The molecule has 1 aliphatic carbocycles. The molecule has 3 aromatic rings. The Morgan fingerprint density at radius 1 is 1.19 bits per heavy atom. The second-order valence-corrected chi connectivity index (χ2v) is 6.86. The van der Waals surface area contributed by atoms with Crippen LogP contribution >= 0.6 is 0 Å². The molecule has 4 rings (SSSR count). The Hall–Kier alpha value is -3.03. The Kier molecular flexibility index (Phi) is 4.47. The van der Waals surface area contributed by atoms with Crippen LogP contribution in [0, 0.1) is 12.7 Å². The normalized spacial score (nSPS) is 16.2. The van der Waals surface area contributed by atoms with Gasteiger partial charge >= 0.3 is 0 Å². The third-order valence-electron chi connectivity index (χ3n) is 4.93. The molecule has 0 atom stereocenters. The van der Waals surface area contributed by atoms with Crippen molar-refractivity contribution in [1.29, 1.82) is 0 Å². The summed E-state index contributed by atoms with van der Waals surface area (Å²) in [6.45, 7) is 1.74. The van der Waals surface area contributed by atoms with Crippen LogP contribution in [0.2, 0.25) is 0 Å². The molecule has 2 aromatic heterocycles. The number of benzene rings is 1. The lowest BCUT2D eigenvalue weighted by atomic mass is 9.81. The van der Waals surface area contributed by atoms with E-state index in [4.69, 9.17) is 4.52 Å². The second-order valence-electron chi connectivity index (χ2n) is 6.86. The lowest BCUT2D eigenvalue weighted by Crippen LogP contribution is -2.48. The van der Waals surface area contributed by atoms with Gasteiger partial charge in [-0.25, -0.2) is 9.07 Å². The number of rotatable bonds is 4. The van der Waals surface area contributed by atoms with Crippen LogP contribution in [0.15, 0.2) is 41.1 Å². The highest BCUT2D eigenvalue weighted by molar-refractivity contribution is 5.92. The van der Waals surface area contributed by atoms with E-state index in [9.17, 15) is 9.18 Å². The first-order valence-corrected chi connectivity index (χ1v) is 9.01. The molecule has 2 heterocycles. The molecule has 0 bridgehead atoms. The number of aromatic nitrogens is 4.